The summed E-state index contributed by atoms with van der Waals surface area (Å²) in [5.74, 6) is 1.91. The second-order valence-electron chi connectivity index (χ2n) is 6.70. The van der Waals surface area contributed by atoms with Crippen molar-refractivity contribution in [3.8, 4) is 5.75 Å². The van der Waals surface area contributed by atoms with Crippen molar-refractivity contribution in [1.82, 2.24) is 20.1 Å². The van der Waals surface area contributed by atoms with Gasteiger partial charge >= 0.3 is 6.03 Å². The second-order valence-corrected chi connectivity index (χ2v) is 6.70. The first kappa shape index (κ1) is 17.8. The number of ether oxygens (including phenoxy) is 1. The molecule has 138 valence electrons. The van der Waals surface area contributed by atoms with Crippen LogP contribution in [0.15, 0.2) is 36.5 Å². The first-order chi connectivity index (χ1) is 12.5. The Hall–Kier alpha value is -2.96. The van der Waals surface area contributed by atoms with Crippen LogP contribution in [0.25, 0.3) is 10.9 Å². The number of hydrogen-bond acceptors (Lipinski definition) is 3. The van der Waals surface area contributed by atoms with Gasteiger partial charge in [0.25, 0.3) is 0 Å². The first-order valence-corrected chi connectivity index (χ1v) is 8.72. The average molecular weight is 355 g/mol. The summed E-state index contributed by atoms with van der Waals surface area (Å²) < 4.78 is 7.07. The van der Waals surface area contributed by atoms with Gasteiger partial charge in [-0.1, -0.05) is 13.8 Å². The lowest BCUT2D eigenvalue weighted by Gasteiger charge is -2.19. The minimum Gasteiger partial charge on any atom is -0.497 e. The number of aromatic nitrogens is 3. The molecular weight excluding hydrogens is 330 g/mol. The topological polar surface area (TPSA) is 84.0 Å². The molecule has 1 unspecified atom stereocenters. The van der Waals surface area contributed by atoms with Gasteiger partial charge in [-0.3, -0.25) is 5.32 Å². The zero-order chi connectivity index (χ0) is 18.7. The normalized spacial score (nSPS) is 12.3. The monoisotopic (exact) mass is 355 g/mol. The smallest absolute Gasteiger partial charge is 0.320 e. The maximum atomic E-state index is 12.2. The van der Waals surface area contributed by atoms with Crippen LogP contribution in [-0.2, 0) is 6.54 Å². The van der Waals surface area contributed by atoms with Crippen molar-refractivity contribution in [3.63, 3.8) is 0 Å². The van der Waals surface area contributed by atoms with Crippen molar-refractivity contribution >= 4 is 22.8 Å². The Kier molecular flexibility index (Phi) is 5.16. The molecular formula is C19H25N5O2. The molecule has 2 heterocycles. The molecule has 7 nitrogen and oxygen atoms in total. The van der Waals surface area contributed by atoms with Crippen LogP contribution >= 0.6 is 0 Å². The quantitative estimate of drug-likeness (QED) is 0.627. The molecule has 0 saturated carbocycles. The largest absolute Gasteiger partial charge is 0.497 e. The number of aromatic amines is 1. The lowest BCUT2D eigenvalue weighted by Crippen LogP contribution is -2.30. The summed E-state index contributed by atoms with van der Waals surface area (Å²) in [7, 11) is 1.64. The predicted molar refractivity (Wildman–Crippen MR) is 102 cm³/mol. The summed E-state index contributed by atoms with van der Waals surface area (Å²) in [5, 5.41) is 11.1. The zero-order valence-corrected chi connectivity index (χ0v) is 15.5. The van der Waals surface area contributed by atoms with E-state index in [4.69, 9.17) is 4.74 Å². The fourth-order valence-electron chi connectivity index (χ4n) is 2.75. The highest BCUT2D eigenvalue weighted by Crippen LogP contribution is 2.22. The molecule has 2 amide bonds. The van der Waals surface area contributed by atoms with E-state index in [9.17, 15) is 4.79 Å². The number of carbonyl (C=O) groups excluding carboxylic acids is 1. The van der Waals surface area contributed by atoms with Gasteiger partial charge in [0.05, 0.1) is 25.9 Å². The van der Waals surface area contributed by atoms with Crippen molar-refractivity contribution in [2.45, 2.75) is 33.4 Å². The number of nitrogens with zero attached hydrogens (tertiary/aromatic N) is 2. The van der Waals surface area contributed by atoms with E-state index in [-0.39, 0.29) is 12.1 Å². The van der Waals surface area contributed by atoms with Gasteiger partial charge in [-0.2, -0.15) is 5.10 Å². The molecule has 0 saturated heterocycles. The number of rotatable bonds is 6. The highest BCUT2D eigenvalue weighted by atomic mass is 16.5. The summed E-state index contributed by atoms with van der Waals surface area (Å²) in [6.07, 6.45) is 1.69. The van der Waals surface area contributed by atoms with E-state index in [0.717, 1.165) is 22.3 Å². The van der Waals surface area contributed by atoms with Gasteiger partial charge < -0.3 is 15.0 Å². The summed E-state index contributed by atoms with van der Waals surface area (Å²) >= 11 is 0. The summed E-state index contributed by atoms with van der Waals surface area (Å²) in [4.78, 5) is 15.5. The molecule has 3 aromatic rings. The van der Waals surface area contributed by atoms with Crippen LogP contribution in [0.5, 0.6) is 5.75 Å². The highest BCUT2D eigenvalue weighted by Gasteiger charge is 2.15. The molecule has 0 spiro atoms. The third-order valence-corrected chi connectivity index (χ3v) is 4.59. The molecule has 2 aromatic heterocycles. The van der Waals surface area contributed by atoms with Crippen molar-refractivity contribution in [3.05, 3.63) is 42.2 Å². The second kappa shape index (κ2) is 7.51. The lowest BCUT2D eigenvalue weighted by atomic mass is 10.1. The fraction of sp³-hybridized carbons (Fsp3) is 0.368. The van der Waals surface area contributed by atoms with E-state index < -0.39 is 0 Å². The molecule has 1 atom stereocenters. The van der Waals surface area contributed by atoms with E-state index in [2.05, 4.69) is 41.5 Å². The lowest BCUT2D eigenvalue weighted by molar-refractivity contribution is 0.251. The molecule has 0 aliphatic rings. The van der Waals surface area contributed by atoms with Gasteiger partial charge in [-0.15, -0.1) is 0 Å². The number of amides is 2. The molecule has 1 aromatic carbocycles. The molecule has 7 heteroatoms. The van der Waals surface area contributed by atoms with Gasteiger partial charge in [-0.05, 0) is 37.1 Å². The van der Waals surface area contributed by atoms with E-state index in [1.807, 2.05) is 28.9 Å². The Bertz CT molecular complexity index is 896. The van der Waals surface area contributed by atoms with Gasteiger partial charge in [-0.25, -0.2) is 9.48 Å². The van der Waals surface area contributed by atoms with E-state index in [1.165, 1.54) is 0 Å². The van der Waals surface area contributed by atoms with Crippen LogP contribution in [0.4, 0.5) is 10.6 Å². The summed E-state index contributed by atoms with van der Waals surface area (Å²) in [6, 6.07) is 9.56. The van der Waals surface area contributed by atoms with Crippen LogP contribution in [-0.4, -0.2) is 27.9 Å². The third-order valence-electron chi connectivity index (χ3n) is 4.59. The Morgan fingerprint density at radius 1 is 1.27 bits per heavy atom. The van der Waals surface area contributed by atoms with Crippen molar-refractivity contribution in [2.75, 3.05) is 12.4 Å². The van der Waals surface area contributed by atoms with Gasteiger partial charge in [0, 0.05) is 22.7 Å². The molecule has 0 aliphatic carbocycles. The van der Waals surface area contributed by atoms with Gasteiger partial charge in [0.1, 0.15) is 11.6 Å². The first-order valence-electron chi connectivity index (χ1n) is 8.72. The number of nitrogens with one attached hydrogen (secondary N) is 3. The number of methoxy groups -OCH3 is 1. The standard InChI is InChI=1S/C19H25N5O2/c1-12(2)13(3)24-18(7-8-21-24)23-19(25)20-11-15-9-14-10-16(26-4)5-6-17(14)22-15/h5-10,12-13,22H,11H2,1-4H3,(H2,20,23,25). The maximum Gasteiger partial charge on any atom is 0.320 e. The van der Waals surface area contributed by atoms with E-state index in [0.29, 0.717) is 18.3 Å². The maximum absolute atomic E-state index is 12.2. The van der Waals surface area contributed by atoms with E-state index >= 15 is 0 Å². The molecule has 0 fully saturated rings. The number of H-pyrrole nitrogens is 1. The SMILES string of the molecule is COc1ccc2[nH]c(CNC(=O)Nc3ccnn3C(C)C(C)C)cc2c1. The Balaban J connectivity index is 1.62. The van der Waals surface area contributed by atoms with Crippen molar-refractivity contribution in [2.24, 2.45) is 5.92 Å². The number of fused-ring (bicyclic) bond motifs is 1. The molecule has 3 rings (SSSR count). The number of carbonyl (C=O) groups is 1. The molecule has 0 bridgehead atoms. The van der Waals surface area contributed by atoms with Crippen LogP contribution in [0.2, 0.25) is 0 Å². The van der Waals surface area contributed by atoms with Crippen LogP contribution in [0.3, 0.4) is 0 Å². The highest BCUT2D eigenvalue weighted by molar-refractivity contribution is 5.88. The van der Waals surface area contributed by atoms with Crippen LogP contribution in [0.1, 0.15) is 32.5 Å². The van der Waals surface area contributed by atoms with Gasteiger partial charge in [0.15, 0.2) is 0 Å². The third kappa shape index (κ3) is 3.82. The van der Waals surface area contributed by atoms with Crippen molar-refractivity contribution in [1.29, 1.82) is 0 Å². The Labute approximate surface area is 152 Å². The predicted octanol–water partition coefficient (Wildman–Crippen LogP) is 3.91. The van der Waals surface area contributed by atoms with Gasteiger partial charge in [0.2, 0.25) is 0 Å². The minimum atomic E-state index is -0.265. The number of benzene rings is 1. The average Bonchev–Trinajstić information content (AvgIpc) is 3.24. The van der Waals surface area contributed by atoms with Crippen LogP contribution < -0.4 is 15.4 Å². The molecule has 0 radical (unpaired) electrons. The number of urea groups is 1. The fourth-order valence-corrected chi connectivity index (χ4v) is 2.75. The molecule has 26 heavy (non-hydrogen) atoms. The Morgan fingerprint density at radius 2 is 2.08 bits per heavy atom. The molecule has 3 N–H and O–H groups in total. The van der Waals surface area contributed by atoms with E-state index in [1.54, 1.807) is 19.4 Å². The summed E-state index contributed by atoms with van der Waals surface area (Å²) in [5.41, 5.74) is 1.93. The van der Waals surface area contributed by atoms with Crippen LogP contribution in [0, 0.1) is 5.92 Å². The number of anilines is 1. The molecule has 0 aliphatic heterocycles. The van der Waals surface area contributed by atoms with Crippen molar-refractivity contribution < 1.29 is 9.53 Å². The Morgan fingerprint density at radius 3 is 2.81 bits per heavy atom. The minimum absolute atomic E-state index is 0.198. The zero-order valence-electron chi connectivity index (χ0n) is 15.5. The summed E-state index contributed by atoms with van der Waals surface area (Å²) in [6.45, 7) is 6.73. The number of hydrogen-bond donors (Lipinski definition) is 3.